The van der Waals surface area contributed by atoms with Crippen LogP contribution in [0.5, 0.6) is 0 Å². The predicted molar refractivity (Wildman–Crippen MR) is 97.3 cm³/mol. The Balaban J connectivity index is 1.85. The lowest BCUT2D eigenvalue weighted by molar-refractivity contribution is 0.782. The van der Waals surface area contributed by atoms with Crippen molar-refractivity contribution in [2.75, 3.05) is 0 Å². The molecule has 1 aromatic carbocycles. The summed E-state index contributed by atoms with van der Waals surface area (Å²) < 4.78 is 3.13. The van der Waals surface area contributed by atoms with Crippen molar-refractivity contribution in [1.82, 2.24) is 19.7 Å². The molecule has 0 saturated carbocycles. The number of thioether (sulfide) groups is 1. The molecule has 1 atom stereocenters. The predicted octanol–water partition coefficient (Wildman–Crippen LogP) is 4.88. The number of aromatic nitrogens is 4. The number of nitrogens with zero attached hydrogens (tertiary/aromatic N) is 4. The Hall–Kier alpha value is -1.66. The molecule has 3 aromatic rings. The van der Waals surface area contributed by atoms with Crippen molar-refractivity contribution in [3.63, 3.8) is 0 Å². The normalized spacial score (nSPS) is 12.3. The molecule has 2 heterocycles. The molecule has 23 heavy (non-hydrogen) atoms. The minimum absolute atomic E-state index is 0.354. The zero-order valence-electron chi connectivity index (χ0n) is 13.0. The minimum atomic E-state index is 0.354. The van der Waals surface area contributed by atoms with Crippen molar-refractivity contribution in [1.29, 1.82) is 0 Å². The quantitative estimate of drug-likeness (QED) is 0.584. The van der Waals surface area contributed by atoms with Gasteiger partial charge in [0.15, 0.2) is 11.0 Å². The molecular weight excluding hydrogens is 372 g/mol. The van der Waals surface area contributed by atoms with Crippen LogP contribution in [0.4, 0.5) is 0 Å². The van der Waals surface area contributed by atoms with Crippen molar-refractivity contribution in [2.45, 2.75) is 23.8 Å². The number of halogens is 1. The minimum Gasteiger partial charge on any atom is -0.305 e. The molecule has 3 rings (SSSR count). The van der Waals surface area contributed by atoms with E-state index in [0.29, 0.717) is 5.25 Å². The first-order chi connectivity index (χ1) is 11.2. The summed E-state index contributed by atoms with van der Waals surface area (Å²) in [5.74, 6) is 0.839. The van der Waals surface area contributed by atoms with E-state index in [4.69, 9.17) is 0 Å². The Labute approximate surface area is 148 Å². The van der Waals surface area contributed by atoms with E-state index >= 15 is 0 Å². The van der Waals surface area contributed by atoms with Crippen LogP contribution in [0.25, 0.3) is 11.4 Å². The topological polar surface area (TPSA) is 43.6 Å². The van der Waals surface area contributed by atoms with Crippen molar-refractivity contribution >= 4 is 27.7 Å². The van der Waals surface area contributed by atoms with Gasteiger partial charge in [0, 0.05) is 34.7 Å². The van der Waals surface area contributed by atoms with E-state index in [9.17, 15) is 0 Å². The van der Waals surface area contributed by atoms with E-state index in [0.717, 1.165) is 27.4 Å². The molecular formula is C17H17BrN4S. The molecule has 6 heteroatoms. The lowest BCUT2D eigenvalue weighted by Crippen LogP contribution is -1.98. The van der Waals surface area contributed by atoms with Crippen molar-refractivity contribution in [3.05, 3.63) is 58.8 Å². The summed E-state index contributed by atoms with van der Waals surface area (Å²) in [6.45, 7) is 2.19. The summed E-state index contributed by atoms with van der Waals surface area (Å²) in [4.78, 5) is 4.15. The van der Waals surface area contributed by atoms with Crippen LogP contribution in [0.3, 0.4) is 0 Å². The molecule has 2 aromatic heterocycles. The van der Waals surface area contributed by atoms with Crippen LogP contribution >= 0.6 is 27.7 Å². The Bertz CT molecular complexity index is 771. The molecule has 1 unspecified atom stereocenters. The monoisotopic (exact) mass is 388 g/mol. The summed E-state index contributed by atoms with van der Waals surface area (Å²) in [7, 11) is 2.00. The van der Waals surface area contributed by atoms with E-state index < -0.39 is 0 Å². The van der Waals surface area contributed by atoms with Gasteiger partial charge < -0.3 is 4.57 Å². The number of benzene rings is 1. The van der Waals surface area contributed by atoms with Gasteiger partial charge in [-0.25, -0.2) is 0 Å². The smallest absolute Gasteiger partial charge is 0.191 e. The van der Waals surface area contributed by atoms with Gasteiger partial charge in [0.25, 0.3) is 0 Å². The van der Waals surface area contributed by atoms with Gasteiger partial charge in [-0.3, -0.25) is 4.98 Å². The van der Waals surface area contributed by atoms with Crippen LogP contribution in [0, 0.1) is 0 Å². The number of hydrogen-bond acceptors (Lipinski definition) is 4. The van der Waals surface area contributed by atoms with E-state index in [1.807, 2.05) is 29.9 Å². The summed E-state index contributed by atoms with van der Waals surface area (Å²) in [6, 6.07) is 12.4. The first kappa shape index (κ1) is 16.2. The molecule has 0 aliphatic heterocycles. The van der Waals surface area contributed by atoms with Crippen LogP contribution in [-0.2, 0) is 7.05 Å². The van der Waals surface area contributed by atoms with Gasteiger partial charge in [-0.15, -0.1) is 10.2 Å². The second kappa shape index (κ2) is 7.27. The van der Waals surface area contributed by atoms with Crippen molar-refractivity contribution in [3.8, 4) is 11.4 Å². The van der Waals surface area contributed by atoms with Gasteiger partial charge in [0.1, 0.15) is 0 Å². The van der Waals surface area contributed by atoms with Crippen LogP contribution in [0.1, 0.15) is 24.2 Å². The molecule has 0 aliphatic rings. The lowest BCUT2D eigenvalue weighted by Gasteiger charge is -2.14. The van der Waals surface area contributed by atoms with Crippen LogP contribution in [0.15, 0.2) is 58.4 Å². The first-order valence-corrected chi connectivity index (χ1v) is 9.08. The standard InChI is InChI=1S/C17H17BrN4S/c1-3-15(12-6-8-14(18)9-7-12)23-17-21-20-16(22(17)2)13-5-4-10-19-11-13/h4-11,15H,3H2,1-2H3. The van der Waals surface area contributed by atoms with Crippen LogP contribution in [-0.4, -0.2) is 19.7 Å². The van der Waals surface area contributed by atoms with Crippen LogP contribution in [0.2, 0.25) is 0 Å². The average molecular weight is 389 g/mol. The Morgan fingerprint density at radius 3 is 2.61 bits per heavy atom. The van der Waals surface area contributed by atoms with E-state index in [1.54, 1.807) is 18.0 Å². The summed E-state index contributed by atoms with van der Waals surface area (Å²) >= 11 is 5.23. The number of pyridine rings is 1. The molecule has 4 nitrogen and oxygen atoms in total. The van der Waals surface area contributed by atoms with Crippen LogP contribution < -0.4 is 0 Å². The Morgan fingerprint density at radius 1 is 1.17 bits per heavy atom. The highest BCUT2D eigenvalue weighted by Gasteiger charge is 2.17. The summed E-state index contributed by atoms with van der Waals surface area (Å²) in [5, 5.41) is 9.96. The Morgan fingerprint density at radius 2 is 1.96 bits per heavy atom. The summed E-state index contributed by atoms with van der Waals surface area (Å²) in [6.07, 6.45) is 4.60. The zero-order chi connectivity index (χ0) is 16.2. The van der Waals surface area contributed by atoms with Gasteiger partial charge >= 0.3 is 0 Å². The molecule has 0 spiro atoms. The van der Waals surface area contributed by atoms with Crippen molar-refractivity contribution in [2.24, 2.45) is 7.05 Å². The number of hydrogen-bond donors (Lipinski definition) is 0. The van der Waals surface area contributed by atoms with Gasteiger partial charge in [0.05, 0.1) is 0 Å². The molecule has 0 saturated heterocycles. The van der Waals surface area contributed by atoms with E-state index in [1.165, 1.54) is 5.56 Å². The second-order valence-corrected chi connectivity index (χ2v) is 7.26. The van der Waals surface area contributed by atoms with E-state index in [-0.39, 0.29) is 0 Å². The van der Waals surface area contributed by atoms with Gasteiger partial charge in [-0.1, -0.05) is 46.7 Å². The third kappa shape index (κ3) is 3.64. The maximum absolute atomic E-state index is 4.36. The molecule has 0 radical (unpaired) electrons. The highest BCUT2D eigenvalue weighted by atomic mass is 79.9. The third-order valence-corrected chi connectivity index (χ3v) is 5.60. The third-order valence-electron chi connectivity index (χ3n) is 3.61. The fraction of sp³-hybridized carbons (Fsp3) is 0.235. The second-order valence-electron chi connectivity index (χ2n) is 5.17. The maximum Gasteiger partial charge on any atom is 0.191 e. The fourth-order valence-corrected chi connectivity index (χ4v) is 3.67. The lowest BCUT2D eigenvalue weighted by atomic mass is 10.1. The largest absolute Gasteiger partial charge is 0.305 e. The Kier molecular flexibility index (Phi) is 5.13. The van der Waals surface area contributed by atoms with Gasteiger partial charge in [-0.05, 0) is 36.2 Å². The highest BCUT2D eigenvalue weighted by Crippen LogP contribution is 2.37. The average Bonchev–Trinajstić information content (AvgIpc) is 2.95. The molecule has 0 fully saturated rings. The van der Waals surface area contributed by atoms with Gasteiger partial charge in [-0.2, -0.15) is 0 Å². The molecule has 0 N–H and O–H groups in total. The number of rotatable bonds is 5. The molecule has 118 valence electrons. The van der Waals surface area contributed by atoms with E-state index in [2.05, 4.69) is 62.3 Å². The highest BCUT2D eigenvalue weighted by molar-refractivity contribution is 9.10. The first-order valence-electron chi connectivity index (χ1n) is 7.41. The zero-order valence-corrected chi connectivity index (χ0v) is 15.4. The SMILES string of the molecule is CCC(Sc1nnc(-c2cccnc2)n1C)c1ccc(Br)cc1. The van der Waals surface area contributed by atoms with Crippen molar-refractivity contribution < 1.29 is 0 Å². The van der Waals surface area contributed by atoms with Gasteiger partial charge in [0.2, 0.25) is 0 Å². The molecule has 0 aliphatic carbocycles. The molecule has 0 amide bonds. The maximum atomic E-state index is 4.36. The fourth-order valence-electron chi connectivity index (χ4n) is 2.36. The molecule has 0 bridgehead atoms. The summed E-state index contributed by atoms with van der Waals surface area (Å²) in [5.41, 5.74) is 2.28.